The maximum absolute atomic E-state index is 13.6. The highest BCUT2D eigenvalue weighted by Gasteiger charge is 2.26. The average Bonchev–Trinajstić information content (AvgIpc) is 3.50. The summed E-state index contributed by atoms with van der Waals surface area (Å²) >= 11 is 0. The minimum absolute atomic E-state index is 0.178. The summed E-state index contributed by atoms with van der Waals surface area (Å²) in [5.41, 5.74) is 5.25. The Kier molecular flexibility index (Phi) is 9.94. The first-order chi connectivity index (χ1) is 21.8. The lowest BCUT2D eigenvalue weighted by Gasteiger charge is -2.26. The van der Waals surface area contributed by atoms with E-state index in [1.54, 1.807) is 29.3 Å². The van der Waals surface area contributed by atoms with E-state index in [2.05, 4.69) is 42.4 Å². The molecule has 0 radical (unpaired) electrons. The molecule has 1 unspecified atom stereocenters. The van der Waals surface area contributed by atoms with Gasteiger partial charge in [0.1, 0.15) is 6.04 Å². The molecule has 2 aromatic carbocycles. The number of methoxy groups -OCH3 is 1. The van der Waals surface area contributed by atoms with Gasteiger partial charge in [0.05, 0.1) is 50.2 Å². The highest BCUT2D eigenvalue weighted by molar-refractivity contribution is 7.92. The van der Waals surface area contributed by atoms with E-state index in [0.717, 1.165) is 73.6 Å². The van der Waals surface area contributed by atoms with Gasteiger partial charge in [0.15, 0.2) is 5.75 Å². The Morgan fingerprint density at radius 3 is 2.48 bits per heavy atom. The largest absolute Gasteiger partial charge is 0.492 e. The van der Waals surface area contributed by atoms with Crippen molar-refractivity contribution >= 4 is 33.0 Å². The lowest BCUT2D eigenvalue weighted by atomic mass is 9.86. The summed E-state index contributed by atoms with van der Waals surface area (Å²) in [6, 6.07) is 12.9. The van der Waals surface area contributed by atoms with Crippen molar-refractivity contribution in [2.75, 3.05) is 67.8 Å². The van der Waals surface area contributed by atoms with Gasteiger partial charge in [-0.15, -0.1) is 0 Å². The quantitative estimate of drug-likeness (QED) is 0.309. The molecule has 3 heterocycles. The molecule has 1 aromatic heterocycles. The van der Waals surface area contributed by atoms with Crippen LogP contribution in [0.5, 0.6) is 5.75 Å². The van der Waals surface area contributed by atoms with E-state index < -0.39 is 10.0 Å². The van der Waals surface area contributed by atoms with Gasteiger partial charge in [-0.2, -0.15) is 5.11 Å². The van der Waals surface area contributed by atoms with E-state index in [-0.39, 0.29) is 28.8 Å². The summed E-state index contributed by atoms with van der Waals surface area (Å²) < 4.78 is 37.7. The van der Waals surface area contributed by atoms with E-state index in [1.165, 1.54) is 7.11 Å². The molecular weight excluding hydrogens is 606 g/mol. The van der Waals surface area contributed by atoms with Gasteiger partial charge in [-0.25, -0.2) is 13.4 Å². The van der Waals surface area contributed by atoms with Crippen molar-refractivity contribution in [3.05, 3.63) is 76.6 Å². The Labute approximate surface area is 271 Å². The molecule has 2 N–H and O–H groups in total. The molecular formula is C33H43N7O5S. The molecule has 246 valence electrons. The third-order valence-corrected chi connectivity index (χ3v) is 8.71. The summed E-state index contributed by atoms with van der Waals surface area (Å²) in [5.74, 6) is -0.156. The molecule has 13 heteroatoms. The van der Waals surface area contributed by atoms with Crippen LogP contribution < -0.4 is 19.8 Å². The van der Waals surface area contributed by atoms with Gasteiger partial charge < -0.3 is 14.8 Å². The molecule has 0 saturated carbocycles. The maximum atomic E-state index is 13.6. The standard InChI is InChI=1S/C33H43N7O5S/c1-22-7-8-23(32(41)35-27-18-25(33(2,3)4)19-28(31(27)44-5)37-46(6,42)43)17-30(22)40-21-29(36-38-40)24-9-10-26(34-20-24)11-12-39-13-15-45-16-14-39/h7-10,17-20,29,37H,11-16,21H2,1-6H3,(H,35,41). The monoisotopic (exact) mass is 649 g/mol. The number of aromatic nitrogens is 1. The number of hydrogen-bond acceptors (Lipinski definition) is 10. The number of aryl methyl sites for hydroxylation is 1. The van der Waals surface area contributed by atoms with Crippen LogP contribution in [0.3, 0.4) is 0 Å². The van der Waals surface area contributed by atoms with E-state index >= 15 is 0 Å². The highest BCUT2D eigenvalue weighted by atomic mass is 32.2. The molecule has 2 aliphatic rings. The molecule has 1 atom stereocenters. The predicted molar refractivity (Wildman–Crippen MR) is 179 cm³/mol. The second-order valence-electron chi connectivity index (χ2n) is 12.8. The Hall–Kier alpha value is -4.07. The Morgan fingerprint density at radius 2 is 1.83 bits per heavy atom. The first kappa shape index (κ1) is 33.3. The summed E-state index contributed by atoms with van der Waals surface area (Å²) in [4.78, 5) is 20.7. The number of carbonyl (C=O) groups is 1. The molecule has 1 fully saturated rings. The van der Waals surface area contributed by atoms with Crippen LogP contribution in [0.1, 0.15) is 59.6 Å². The zero-order valence-corrected chi connectivity index (χ0v) is 28.1. The maximum Gasteiger partial charge on any atom is 0.255 e. The second-order valence-corrected chi connectivity index (χ2v) is 14.5. The number of nitrogens with zero attached hydrogens (tertiary/aromatic N) is 5. The number of nitrogens with one attached hydrogen (secondary N) is 2. The number of hydrogen-bond donors (Lipinski definition) is 2. The second kappa shape index (κ2) is 13.7. The molecule has 0 aliphatic carbocycles. The Bertz CT molecular complexity index is 1700. The number of benzene rings is 2. The number of rotatable bonds is 10. The fourth-order valence-corrected chi connectivity index (χ4v) is 5.98. The Balaban J connectivity index is 1.30. The first-order valence-corrected chi connectivity index (χ1v) is 17.3. The van der Waals surface area contributed by atoms with Crippen molar-refractivity contribution in [1.29, 1.82) is 0 Å². The minimum atomic E-state index is -3.60. The van der Waals surface area contributed by atoms with E-state index in [1.807, 2.05) is 40.0 Å². The number of anilines is 3. The highest BCUT2D eigenvalue weighted by Crippen LogP contribution is 2.39. The number of carbonyl (C=O) groups excluding carboxylic acids is 1. The van der Waals surface area contributed by atoms with Crippen LogP contribution >= 0.6 is 0 Å². The van der Waals surface area contributed by atoms with Gasteiger partial charge >= 0.3 is 0 Å². The van der Waals surface area contributed by atoms with Crippen molar-refractivity contribution < 1.29 is 22.7 Å². The van der Waals surface area contributed by atoms with E-state index in [4.69, 9.17) is 9.47 Å². The molecule has 0 bridgehead atoms. The smallest absolute Gasteiger partial charge is 0.255 e. The van der Waals surface area contributed by atoms with Crippen LogP contribution in [0.25, 0.3) is 0 Å². The number of morpholine rings is 1. The SMILES string of the molecule is COc1c(NC(=O)c2ccc(C)c(N3CC(c4ccc(CCN5CCOCC5)nc4)N=N3)c2)cc(C(C)(C)C)cc1NS(C)(=O)=O. The van der Waals surface area contributed by atoms with Crippen molar-refractivity contribution in [3.8, 4) is 5.75 Å². The molecule has 0 spiro atoms. The summed E-state index contributed by atoms with van der Waals surface area (Å²) in [6.45, 7) is 12.9. The predicted octanol–water partition coefficient (Wildman–Crippen LogP) is 5.12. The van der Waals surface area contributed by atoms with Crippen LogP contribution in [0.4, 0.5) is 17.1 Å². The zero-order valence-electron chi connectivity index (χ0n) is 27.3. The minimum Gasteiger partial charge on any atom is -0.492 e. The van der Waals surface area contributed by atoms with E-state index in [9.17, 15) is 13.2 Å². The van der Waals surface area contributed by atoms with Crippen molar-refractivity contribution in [2.45, 2.75) is 45.6 Å². The molecule has 1 saturated heterocycles. The van der Waals surface area contributed by atoms with Crippen LogP contribution in [-0.2, 0) is 26.6 Å². The number of pyridine rings is 1. The van der Waals surface area contributed by atoms with Gasteiger partial charge in [0.25, 0.3) is 5.91 Å². The topological polar surface area (TPSA) is 138 Å². The molecule has 2 aliphatic heterocycles. The van der Waals surface area contributed by atoms with Crippen LogP contribution in [0, 0.1) is 6.92 Å². The number of sulfonamides is 1. The molecule has 12 nitrogen and oxygen atoms in total. The van der Waals surface area contributed by atoms with Crippen LogP contribution in [0.2, 0.25) is 0 Å². The van der Waals surface area contributed by atoms with Gasteiger partial charge in [-0.1, -0.05) is 38.1 Å². The van der Waals surface area contributed by atoms with E-state index in [0.29, 0.717) is 17.8 Å². The lowest BCUT2D eigenvalue weighted by Crippen LogP contribution is -2.37. The van der Waals surface area contributed by atoms with Gasteiger partial charge in [0, 0.05) is 43.5 Å². The summed E-state index contributed by atoms with van der Waals surface area (Å²) in [5, 5.41) is 13.7. The average molecular weight is 650 g/mol. The van der Waals surface area contributed by atoms with Crippen molar-refractivity contribution in [2.24, 2.45) is 10.3 Å². The van der Waals surface area contributed by atoms with Gasteiger partial charge in [-0.3, -0.25) is 19.4 Å². The van der Waals surface area contributed by atoms with Crippen molar-refractivity contribution in [3.63, 3.8) is 0 Å². The zero-order chi connectivity index (χ0) is 33.1. The Morgan fingerprint density at radius 1 is 1.09 bits per heavy atom. The first-order valence-electron chi connectivity index (χ1n) is 15.4. The third kappa shape index (κ3) is 8.20. The molecule has 5 rings (SSSR count). The fraction of sp³-hybridized carbons (Fsp3) is 0.455. The fourth-order valence-electron chi connectivity index (χ4n) is 5.43. The van der Waals surface area contributed by atoms with Crippen LogP contribution in [0.15, 0.2) is 59.0 Å². The normalized spacial score (nSPS) is 17.3. The molecule has 46 heavy (non-hydrogen) atoms. The number of ether oxygens (including phenoxy) is 2. The molecule has 3 aromatic rings. The lowest BCUT2D eigenvalue weighted by molar-refractivity contribution is 0.0383. The van der Waals surface area contributed by atoms with Gasteiger partial charge in [-0.05, 0) is 59.4 Å². The summed E-state index contributed by atoms with van der Waals surface area (Å²) in [7, 11) is -2.17. The third-order valence-electron chi connectivity index (χ3n) is 8.12. The van der Waals surface area contributed by atoms with Gasteiger partial charge in [0.2, 0.25) is 10.0 Å². The van der Waals surface area contributed by atoms with Crippen LogP contribution in [-0.4, -0.2) is 77.0 Å². The molecule has 1 amide bonds. The van der Waals surface area contributed by atoms with Crippen molar-refractivity contribution in [1.82, 2.24) is 9.88 Å². The summed E-state index contributed by atoms with van der Waals surface area (Å²) in [6.07, 6.45) is 3.83. The number of amides is 1.